The predicted octanol–water partition coefficient (Wildman–Crippen LogP) is 2.13. The van der Waals surface area contributed by atoms with Gasteiger partial charge in [-0.25, -0.2) is 9.97 Å². The molecule has 0 aliphatic rings. The molecule has 1 heterocycles. The average Bonchev–Trinajstić information content (AvgIpc) is 2.18. The van der Waals surface area contributed by atoms with Crippen molar-refractivity contribution in [1.82, 2.24) is 9.97 Å². The Kier molecular flexibility index (Phi) is 4.13. The fourth-order valence-electron chi connectivity index (χ4n) is 1.24. The lowest BCUT2D eigenvalue weighted by Gasteiger charge is -2.19. The molecule has 0 saturated carbocycles. The van der Waals surface area contributed by atoms with Gasteiger partial charge in [-0.1, -0.05) is 6.92 Å². The minimum Gasteiger partial charge on any atom is -0.372 e. The Labute approximate surface area is 92.9 Å². The molecule has 4 nitrogen and oxygen atoms in total. The number of nitrogens with one attached hydrogen (secondary N) is 1. The third-order valence-corrected chi connectivity index (χ3v) is 2.66. The lowest BCUT2D eigenvalue weighted by atomic mass is 10.4. The van der Waals surface area contributed by atoms with Crippen LogP contribution < -0.4 is 10.2 Å². The van der Waals surface area contributed by atoms with E-state index in [9.17, 15) is 0 Å². The van der Waals surface area contributed by atoms with Gasteiger partial charge >= 0.3 is 0 Å². The molecule has 1 aromatic heterocycles. The standard InChI is InChI=1S/C9H15BrN4/c1-4-5-14(3)9-7(10)8(11-2)12-6-13-9/h6H,4-5H2,1-3H3,(H,11,12,13). The minimum absolute atomic E-state index is 0.818. The number of hydrogen-bond donors (Lipinski definition) is 1. The predicted molar refractivity (Wildman–Crippen MR) is 62.8 cm³/mol. The molecule has 0 bridgehead atoms. The Morgan fingerprint density at radius 1 is 1.50 bits per heavy atom. The molecule has 1 aromatic rings. The van der Waals surface area contributed by atoms with Crippen molar-refractivity contribution >= 4 is 27.6 Å². The van der Waals surface area contributed by atoms with Crippen LogP contribution in [-0.4, -0.2) is 30.6 Å². The largest absolute Gasteiger partial charge is 0.372 e. The molecular weight excluding hydrogens is 244 g/mol. The summed E-state index contributed by atoms with van der Waals surface area (Å²) in [6, 6.07) is 0. The summed E-state index contributed by atoms with van der Waals surface area (Å²) < 4.78 is 0.915. The molecule has 78 valence electrons. The van der Waals surface area contributed by atoms with Crippen molar-refractivity contribution in [3.8, 4) is 0 Å². The highest BCUT2D eigenvalue weighted by atomic mass is 79.9. The first-order chi connectivity index (χ1) is 6.70. The summed E-state index contributed by atoms with van der Waals surface area (Å²) in [5.41, 5.74) is 0. The summed E-state index contributed by atoms with van der Waals surface area (Å²) in [6.45, 7) is 3.13. The first-order valence-electron chi connectivity index (χ1n) is 4.60. The third-order valence-electron chi connectivity index (χ3n) is 1.93. The molecule has 0 fully saturated rings. The van der Waals surface area contributed by atoms with E-state index in [2.05, 4.69) is 43.0 Å². The van der Waals surface area contributed by atoms with Crippen molar-refractivity contribution in [3.05, 3.63) is 10.8 Å². The van der Waals surface area contributed by atoms with E-state index in [1.807, 2.05) is 14.1 Å². The van der Waals surface area contributed by atoms with Crippen molar-refractivity contribution < 1.29 is 0 Å². The number of anilines is 2. The van der Waals surface area contributed by atoms with Gasteiger partial charge in [-0.2, -0.15) is 0 Å². The molecule has 0 spiro atoms. The highest BCUT2D eigenvalue weighted by Crippen LogP contribution is 2.28. The Morgan fingerprint density at radius 3 is 2.79 bits per heavy atom. The second-order valence-corrected chi connectivity index (χ2v) is 3.82. The summed E-state index contributed by atoms with van der Waals surface area (Å²) in [4.78, 5) is 10.4. The monoisotopic (exact) mass is 258 g/mol. The highest BCUT2D eigenvalue weighted by Gasteiger charge is 2.10. The van der Waals surface area contributed by atoms with E-state index in [1.54, 1.807) is 6.33 Å². The normalized spacial score (nSPS) is 10.0. The first-order valence-corrected chi connectivity index (χ1v) is 5.39. The van der Waals surface area contributed by atoms with Gasteiger partial charge in [0.2, 0.25) is 0 Å². The van der Waals surface area contributed by atoms with Crippen molar-refractivity contribution in [2.45, 2.75) is 13.3 Å². The van der Waals surface area contributed by atoms with Gasteiger partial charge in [-0.15, -0.1) is 0 Å². The first kappa shape index (κ1) is 11.2. The Bertz CT molecular complexity index is 303. The topological polar surface area (TPSA) is 41.1 Å². The van der Waals surface area contributed by atoms with Crippen molar-refractivity contribution in [2.24, 2.45) is 0 Å². The Morgan fingerprint density at radius 2 is 2.21 bits per heavy atom. The van der Waals surface area contributed by atoms with Crippen LogP contribution in [0, 0.1) is 0 Å². The second kappa shape index (κ2) is 5.14. The Hall–Kier alpha value is -0.840. The third kappa shape index (κ3) is 2.35. The molecule has 0 aliphatic heterocycles. The quantitative estimate of drug-likeness (QED) is 0.899. The summed E-state index contributed by atoms with van der Waals surface area (Å²) in [5, 5.41) is 3.01. The van der Waals surface area contributed by atoms with E-state index in [0.29, 0.717) is 0 Å². The maximum absolute atomic E-state index is 4.23. The smallest absolute Gasteiger partial charge is 0.148 e. The van der Waals surface area contributed by atoms with E-state index >= 15 is 0 Å². The minimum atomic E-state index is 0.818. The molecule has 0 atom stereocenters. The molecule has 0 radical (unpaired) electrons. The zero-order valence-corrected chi connectivity index (χ0v) is 10.3. The van der Waals surface area contributed by atoms with Gasteiger partial charge in [0.05, 0.1) is 0 Å². The van der Waals surface area contributed by atoms with Crippen LogP contribution in [0.1, 0.15) is 13.3 Å². The fraction of sp³-hybridized carbons (Fsp3) is 0.556. The maximum Gasteiger partial charge on any atom is 0.148 e. The maximum atomic E-state index is 4.23. The van der Waals surface area contributed by atoms with Crippen molar-refractivity contribution in [2.75, 3.05) is 30.9 Å². The van der Waals surface area contributed by atoms with Crippen LogP contribution in [-0.2, 0) is 0 Å². The zero-order valence-electron chi connectivity index (χ0n) is 8.71. The average molecular weight is 259 g/mol. The zero-order chi connectivity index (χ0) is 10.6. The molecular formula is C9H15BrN4. The lowest BCUT2D eigenvalue weighted by Crippen LogP contribution is -2.20. The number of aromatic nitrogens is 2. The molecule has 0 unspecified atom stereocenters. The summed E-state index contributed by atoms with van der Waals surface area (Å²) >= 11 is 3.48. The highest BCUT2D eigenvalue weighted by molar-refractivity contribution is 9.10. The van der Waals surface area contributed by atoms with Crippen LogP contribution in [0.4, 0.5) is 11.6 Å². The number of halogens is 1. The summed E-state index contributed by atoms with van der Waals surface area (Å²) in [7, 11) is 3.87. The van der Waals surface area contributed by atoms with Gasteiger partial charge in [-0.3, -0.25) is 0 Å². The SMILES string of the molecule is CCCN(C)c1ncnc(NC)c1Br. The molecule has 1 rings (SSSR count). The van der Waals surface area contributed by atoms with Gasteiger partial charge in [0.1, 0.15) is 22.4 Å². The van der Waals surface area contributed by atoms with Gasteiger partial charge in [0.15, 0.2) is 0 Å². The molecule has 14 heavy (non-hydrogen) atoms. The number of hydrogen-bond acceptors (Lipinski definition) is 4. The van der Waals surface area contributed by atoms with Crippen LogP contribution in [0.3, 0.4) is 0 Å². The van der Waals surface area contributed by atoms with Gasteiger partial charge in [-0.05, 0) is 22.4 Å². The van der Waals surface area contributed by atoms with Crippen LogP contribution in [0.15, 0.2) is 10.8 Å². The van der Waals surface area contributed by atoms with Crippen LogP contribution in [0.25, 0.3) is 0 Å². The van der Waals surface area contributed by atoms with E-state index in [4.69, 9.17) is 0 Å². The van der Waals surface area contributed by atoms with E-state index in [0.717, 1.165) is 29.1 Å². The molecule has 1 N–H and O–H groups in total. The number of rotatable bonds is 4. The van der Waals surface area contributed by atoms with Crippen molar-refractivity contribution in [3.63, 3.8) is 0 Å². The fourth-order valence-corrected chi connectivity index (χ4v) is 1.95. The molecule has 0 aromatic carbocycles. The summed E-state index contributed by atoms with van der Waals surface area (Å²) in [5.74, 6) is 1.74. The van der Waals surface area contributed by atoms with Crippen LogP contribution in [0.2, 0.25) is 0 Å². The summed E-state index contributed by atoms with van der Waals surface area (Å²) in [6.07, 6.45) is 2.67. The lowest BCUT2D eigenvalue weighted by molar-refractivity contribution is 0.832. The van der Waals surface area contributed by atoms with Crippen molar-refractivity contribution in [1.29, 1.82) is 0 Å². The van der Waals surface area contributed by atoms with Gasteiger partial charge < -0.3 is 10.2 Å². The molecule has 0 amide bonds. The van der Waals surface area contributed by atoms with Gasteiger partial charge in [0, 0.05) is 20.6 Å². The molecule has 0 aliphatic carbocycles. The Balaban J connectivity index is 2.96. The molecule has 0 saturated heterocycles. The van der Waals surface area contributed by atoms with E-state index in [-0.39, 0.29) is 0 Å². The van der Waals surface area contributed by atoms with Crippen LogP contribution >= 0.6 is 15.9 Å². The van der Waals surface area contributed by atoms with E-state index in [1.165, 1.54) is 0 Å². The van der Waals surface area contributed by atoms with Crippen LogP contribution in [0.5, 0.6) is 0 Å². The molecule has 5 heteroatoms. The van der Waals surface area contributed by atoms with E-state index < -0.39 is 0 Å². The van der Waals surface area contributed by atoms with Gasteiger partial charge in [0.25, 0.3) is 0 Å². The second-order valence-electron chi connectivity index (χ2n) is 3.03. The number of nitrogens with zero attached hydrogens (tertiary/aromatic N) is 3.